The number of para-hydroxylation sites is 6. The maximum atomic E-state index is 5.40. The van der Waals surface area contributed by atoms with Crippen LogP contribution < -0.4 is 0 Å². The Morgan fingerprint density at radius 1 is 0.253 bits per heavy atom. The molecular formula is C75H45N7S. The zero-order chi connectivity index (χ0) is 54.3. The minimum atomic E-state index is 0.550. The lowest BCUT2D eigenvalue weighted by molar-refractivity contribution is 0.953. The number of fused-ring (bicyclic) bond motifs is 16. The lowest BCUT2D eigenvalue weighted by Gasteiger charge is -2.15. The molecule has 386 valence electrons. The van der Waals surface area contributed by atoms with Crippen molar-refractivity contribution in [2.45, 2.75) is 0 Å². The summed E-state index contributed by atoms with van der Waals surface area (Å²) in [5.74, 6) is 1.77. The summed E-state index contributed by atoms with van der Waals surface area (Å²) in [4.78, 5) is 15.9. The average Bonchev–Trinajstić information content (AvgIpc) is 2.18. The van der Waals surface area contributed by atoms with Gasteiger partial charge in [-0.1, -0.05) is 176 Å². The maximum Gasteiger partial charge on any atom is 0.238 e. The molecule has 18 rings (SSSR count). The first kappa shape index (κ1) is 45.9. The Bertz CT molecular complexity index is 5580. The third-order valence-corrected chi connectivity index (χ3v) is 18.1. The van der Waals surface area contributed by atoms with Gasteiger partial charge in [-0.2, -0.15) is 9.97 Å². The van der Waals surface area contributed by atoms with Gasteiger partial charge in [-0.15, -0.1) is 11.3 Å². The zero-order valence-corrected chi connectivity index (χ0v) is 45.3. The van der Waals surface area contributed by atoms with Crippen LogP contribution in [0.3, 0.4) is 0 Å². The van der Waals surface area contributed by atoms with Crippen molar-refractivity contribution in [1.82, 2.24) is 33.2 Å². The molecule has 0 aliphatic carbocycles. The average molecular weight is 1080 g/mol. The van der Waals surface area contributed by atoms with Gasteiger partial charge in [-0.3, -0.25) is 4.57 Å². The molecule has 6 heterocycles. The van der Waals surface area contributed by atoms with Crippen molar-refractivity contribution in [3.05, 3.63) is 273 Å². The first-order valence-electron chi connectivity index (χ1n) is 28.1. The lowest BCUT2D eigenvalue weighted by Crippen LogP contribution is -2.07. The highest BCUT2D eigenvalue weighted by Gasteiger charge is 2.27. The fourth-order valence-electron chi connectivity index (χ4n) is 13.4. The van der Waals surface area contributed by atoms with Crippen LogP contribution in [0.1, 0.15) is 0 Å². The number of hydrogen-bond donors (Lipinski definition) is 0. The summed E-state index contributed by atoms with van der Waals surface area (Å²) in [6.07, 6.45) is 0. The standard InChI is InChI=1S/C75H45N7S/c1-4-20-46(21-5-1)73-76-74(47-22-6-2-7-23-47)78-75(77-73)82-65-34-18-13-29-55(65)61-45-57(70-56-30-14-19-35-66(56)81(72(70)71(61)82)49-24-8-3-9-25-49)48-36-39-67-58(42-48)54-28-12-17-33-64(54)80(67)51-38-41-69-60(44-51)59-43-50(37-40-68(59)83-69)79-62-31-15-10-26-52(62)53-27-11-16-32-63(53)79/h1-45H. The molecule has 8 heteroatoms. The number of aromatic nitrogens is 7. The van der Waals surface area contributed by atoms with Crippen molar-refractivity contribution in [1.29, 1.82) is 0 Å². The molecule has 0 aliphatic heterocycles. The van der Waals surface area contributed by atoms with Crippen LogP contribution in [0.25, 0.3) is 164 Å². The molecule has 0 aliphatic rings. The fourth-order valence-corrected chi connectivity index (χ4v) is 14.5. The molecule has 0 saturated heterocycles. The molecule has 7 nitrogen and oxygen atoms in total. The molecule has 83 heavy (non-hydrogen) atoms. The van der Waals surface area contributed by atoms with E-state index < -0.39 is 0 Å². The normalized spacial score (nSPS) is 12.1. The molecular weight excluding hydrogens is 1030 g/mol. The van der Waals surface area contributed by atoms with Gasteiger partial charge in [0, 0.05) is 91.5 Å². The Morgan fingerprint density at radius 3 is 1.23 bits per heavy atom. The van der Waals surface area contributed by atoms with Crippen molar-refractivity contribution in [3.63, 3.8) is 0 Å². The summed E-state index contributed by atoms with van der Waals surface area (Å²) >= 11 is 1.86. The van der Waals surface area contributed by atoms with Crippen LogP contribution in [0.5, 0.6) is 0 Å². The van der Waals surface area contributed by atoms with E-state index >= 15 is 0 Å². The van der Waals surface area contributed by atoms with E-state index in [1.807, 2.05) is 47.7 Å². The van der Waals surface area contributed by atoms with Crippen molar-refractivity contribution < 1.29 is 0 Å². The molecule has 0 saturated carbocycles. The van der Waals surface area contributed by atoms with Gasteiger partial charge >= 0.3 is 0 Å². The SMILES string of the molecule is c1ccc(-c2nc(-c3ccccc3)nc(-n3c4ccccc4c4cc(-c5ccc6c(c5)c5ccccc5n6-c5ccc6sc7ccc(-n8c9ccccc9c9ccccc98)cc7c6c5)c5c6ccccc6n(-c6ccccc6)c5c43)n2)cc1. The van der Waals surface area contributed by atoms with Crippen LogP contribution in [-0.4, -0.2) is 33.2 Å². The van der Waals surface area contributed by atoms with E-state index in [9.17, 15) is 0 Å². The molecule has 0 spiro atoms. The molecule has 0 amide bonds. The first-order chi connectivity index (χ1) is 41.2. The zero-order valence-electron chi connectivity index (χ0n) is 44.5. The minimum absolute atomic E-state index is 0.550. The van der Waals surface area contributed by atoms with Crippen LogP contribution in [-0.2, 0) is 0 Å². The summed E-state index contributed by atoms with van der Waals surface area (Å²) in [6, 6.07) is 98.8. The Labute approximate surface area is 479 Å². The van der Waals surface area contributed by atoms with Crippen LogP contribution in [0.15, 0.2) is 273 Å². The van der Waals surface area contributed by atoms with Crippen LogP contribution in [0.4, 0.5) is 0 Å². The third-order valence-electron chi connectivity index (χ3n) is 17.0. The highest BCUT2D eigenvalue weighted by atomic mass is 32.1. The summed E-state index contributed by atoms with van der Waals surface area (Å²) < 4.78 is 12.2. The van der Waals surface area contributed by atoms with Gasteiger partial charge in [0.15, 0.2) is 11.6 Å². The van der Waals surface area contributed by atoms with Gasteiger partial charge in [0.2, 0.25) is 5.95 Å². The molecule has 0 N–H and O–H groups in total. The molecule has 0 radical (unpaired) electrons. The molecule has 0 fully saturated rings. The highest BCUT2D eigenvalue weighted by Crippen LogP contribution is 2.48. The van der Waals surface area contributed by atoms with E-state index in [1.165, 1.54) is 52.8 Å². The fraction of sp³-hybridized carbons (Fsp3) is 0. The van der Waals surface area contributed by atoms with E-state index in [4.69, 9.17) is 15.0 Å². The van der Waals surface area contributed by atoms with Crippen LogP contribution in [0, 0.1) is 0 Å². The highest BCUT2D eigenvalue weighted by molar-refractivity contribution is 7.25. The molecule has 0 atom stereocenters. The quantitative estimate of drug-likeness (QED) is 0.160. The molecule has 12 aromatic carbocycles. The first-order valence-corrected chi connectivity index (χ1v) is 28.9. The predicted molar refractivity (Wildman–Crippen MR) is 346 cm³/mol. The second-order valence-electron chi connectivity index (χ2n) is 21.5. The summed E-state index contributed by atoms with van der Waals surface area (Å²) in [5.41, 5.74) is 16.4. The van der Waals surface area contributed by atoms with Crippen LogP contribution >= 0.6 is 11.3 Å². The van der Waals surface area contributed by atoms with E-state index in [1.54, 1.807) is 0 Å². The Balaban J connectivity index is 0.881. The van der Waals surface area contributed by atoms with Gasteiger partial charge in [-0.05, 0) is 108 Å². The summed E-state index contributed by atoms with van der Waals surface area (Å²) in [5, 5.41) is 11.9. The number of hydrogen-bond acceptors (Lipinski definition) is 4. The molecule has 6 aromatic heterocycles. The van der Waals surface area contributed by atoms with Crippen molar-refractivity contribution in [2.75, 3.05) is 0 Å². The summed E-state index contributed by atoms with van der Waals surface area (Å²) in [7, 11) is 0. The van der Waals surface area contributed by atoms with Crippen molar-refractivity contribution in [3.8, 4) is 56.9 Å². The second kappa shape index (κ2) is 17.8. The monoisotopic (exact) mass is 1080 g/mol. The van der Waals surface area contributed by atoms with Gasteiger partial charge in [-0.25, -0.2) is 4.98 Å². The van der Waals surface area contributed by atoms with Crippen LogP contribution in [0.2, 0.25) is 0 Å². The maximum absolute atomic E-state index is 5.40. The number of rotatable bonds is 7. The largest absolute Gasteiger partial charge is 0.309 e. The second-order valence-corrected chi connectivity index (χ2v) is 22.6. The van der Waals surface area contributed by atoms with Gasteiger partial charge in [0.05, 0.1) is 44.1 Å². The molecule has 18 aromatic rings. The van der Waals surface area contributed by atoms with E-state index in [2.05, 4.69) is 255 Å². The van der Waals surface area contributed by atoms with Gasteiger partial charge in [0.1, 0.15) is 0 Å². The lowest BCUT2D eigenvalue weighted by atomic mass is 9.95. The van der Waals surface area contributed by atoms with E-state index in [-0.39, 0.29) is 0 Å². The van der Waals surface area contributed by atoms with E-state index in [0.717, 1.165) is 94.0 Å². The smallest absolute Gasteiger partial charge is 0.238 e. The van der Waals surface area contributed by atoms with Gasteiger partial charge < -0.3 is 13.7 Å². The Hall–Kier alpha value is -10.9. The molecule has 0 unspecified atom stereocenters. The van der Waals surface area contributed by atoms with E-state index in [0.29, 0.717) is 17.6 Å². The Morgan fingerprint density at radius 2 is 0.687 bits per heavy atom. The topological polar surface area (TPSA) is 58.4 Å². The van der Waals surface area contributed by atoms with Crippen molar-refractivity contribution in [2.24, 2.45) is 0 Å². The minimum Gasteiger partial charge on any atom is -0.309 e. The number of nitrogens with zero attached hydrogens (tertiary/aromatic N) is 7. The Kier molecular flexibility index (Phi) is 9.83. The number of benzene rings is 12. The summed E-state index contributed by atoms with van der Waals surface area (Å²) in [6.45, 7) is 0. The number of thiophene rings is 1. The van der Waals surface area contributed by atoms with Crippen molar-refractivity contribution >= 4 is 119 Å². The third kappa shape index (κ3) is 6.81. The van der Waals surface area contributed by atoms with Gasteiger partial charge in [0.25, 0.3) is 0 Å². The molecule has 0 bridgehead atoms. The predicted octanol–water partition coefficient (Wildman–Crippen LogP) is 19.6.